The Morgan fingerprint density at radius 1 is 0.625 bits per heavy atom. The van der Waals surface area contributed by atoms with Crippen LogP contribution in [0.25, 0.3) is 10.8 Å². The molecule has 3 rings (SSSR count). The Kier molecular flexibility index (Phi) is 4.82. The first-order chi connectivity index (χ1) is 11.2. The zero-order chi connectivity index (χ0) is 17.9. The van der Waals surface area contributed by atoms with Crippen molar-refractivity contribution < 1.29 is 33.4 Å². The van der Waals surface area contributed by atoms with Crippen molar-refractivity contribution in [2.75, 3.05) is 0 Å². The summed E-state index contributed by atoms with van der Waals surface area (Å²) in [6.07, 6.45) is 0. The molecule has 0 aliphatic carbocycles. The van der Waals surface area contributed by atoms with Crippen molar-refractivity contribution in [1.82, 2.24) is 0 Å². The number of para-hydroxylation sites is 1. The molecule has 0 saturated carbocycles. The van der Waals surface area contributed by atoms with Gasteiger partial charge in [0.25, 0.3) is 10.1 Å². The smallest absolute Gasteiger partial charge is 0.295 e. The first-order valence-electron chi connectivity index (χ1n) is 6.60. The van der Waals surface area contributed by atoms with Crippen LogP contribution in [0.2, 0.25) is 0 Å². The second-order valence-electron chi connectivity index (χ2n) is 4.75. The Bertz CT molecular complexity index is 961. The summed E-state index contributed by atoms with van der Waals surface area (Å²) in [6, 6.07) is 12.8. The molecule has 0 radical (unpaired) electrons. The fourth-order valence-electron chi connectivity index (χ4n) is 2.00. The van der Waals surface area contributed by atoms with Crippen LogP contribution in [-0.4, -0.2) is 33.4 Å². The van der Waals surface area contributed by atoms with Gasteiger partial charge in [-0.25, -0.2) is 0 Å². The van der Waals surface area contributed by atoms with Crippen LogP contribution in [0.15, 0.2) is 59.5 Å². The summed E-state index contributed by atoms with van der Waals surface area (Å²) in [5.74, 6) is -1.11. The molecule has 24 heavy (non-hydrogen) atoms. The third kappa shape index (κ3) is 3.67. The van der Waals surface area contributed by atoms with E-state index in [1.807, 2.05) is 0 Å². The zero-order valence-corrected chi connectivity index (χ0v) is 13.0. The molecule has 0 heterocycles. The van der Waals surface area contributed by atoms with E-state index < -0.39 is 15.9 Å². The molecule has 126 valence electrons. The van der Waals surface area contributed by atoms with Crippen molar-refractivity contribution in [3.8, 4) is 23.0 Å². The van der Waals surface area contributed by atoms with Gasteiger partial charge in [0.15, 0.2) is 17.2 Å². The number of hydrogen-bond acceptors (Lipinski definition) is 6. The van der Waals surface area contributed by atoms with Crippen molar-refractivity contribution in [3.63, 3.8) is 0 Å². The van der Waals surface area contributed by atoms with Gasteiger partial charge in [0.05, 0.1) is 0 Å². The highest BCUT2D eigenvalue weighted by Crippen LogP contribution is 2.32. The molecule has 0 saturated heterocycles. The SMILES string of the molecule is O=S(=O)(O)c1ccc(O)c2ccccc12.Oc1cccc(O)c1O. The number of phenolic OH excluding ortho intramolecular Hbond substituents is 4. The Morgan fingerprint density at radius 2 is 1.17 bits per heavy atom. The van der Waals surface area contributed by atoms with E-state index in [-0.39, 0.29) is 22.1 Å². The van der Waals surface area contributed by atoms with Gasteiger partial charge in [0.1, 0.15) is 10.6 Å². The average molecular weight is 350 g/mol. The molecule has 3 aromatic rings. The highest BCUT2D eigenvalue weighted by atomic mass is 32.2. The maximum atomic E-state index is 11.0. The minimum absolute atomic E-state index is 0.0157. The van der Waals surface area contributed by atoms with Gasteiger partial charge >= 0.3 is 0 Å². The van der Waals surface area contributed by atoms with Crippen molar-refractivity contribution in [2.45, 2.75) is 4.90 Å². The van der Waals surface area contributed by atoms with E-state index in [1.165, 1.54) is 36.4 Å². The summed E-state index contributed by atoms with van der Waals surface area (Å²) in [7, 11) is -4.26. The predicted octanol–water partition coefficient (Wildman–Crippen LogP) is 2.60. The molecular weight excluding hydrogens is 336 g/mol. The zero-order valence-electron chi connectivity index (χ0n) is 12.2. The number of aromatic hydroxyl groups is 4. The highest BCUT2D eigenvalue weighted by Gasteiger charge is 2.14. The van der Waals surface area contributed by atoms with E-state index in [1.54, 1.807) is 18.2 Å². The van der Waals surface area contributed by atoms with Gasteiger partial charge in [-0.1, -0.05) is 30.3 Å². The van der Waals surface area contributed by atoms with Crippen LogP contribution in [0.5, 0.6) is 23.0 Å². The third-order valence-electron chi connectivity index (χ3n) is 3.13. The van der Waals surface area contributed by atoms with E-state index in [4.69, 9.17) is 19.9 Å². The molecule has 8 heteroatoms. The Morgan fingerprint density at radius 3 is 1.67 bits per heavy atom. The second-order valence-corrected chi connectivity index (χ2v) is 6.14. The number of hydrogen-bond donors (Lipinski definition) is 5. The number of phenols is 4. The van der Waals surface area contributed by atoms with Crippen LogP contribution >= 0.6 is 0 Å². The van der Waals surface area contributed by atoms with Crippen molar-refractivity contribution in [1.29, 1.82) is 0 Å². The average Bonchev–Trinajstić information content (AvgIpc) is 2.52. The van der Waals surface area contributed by atoms with Crippen LogP contribution in [0.1, 0.15) is 0 Å². The van der Waals surface area contributed by atoms with E-state index in [2.05, 4.69) is 0 Å². The van der Waals surface area contributed by atoms with Crippen LogP contribution in [-0.2, 0) is 10.1 Å². The summed E-state index contributed by atoms with van der Waals surface area (Å²) in [5.41, 5.74) is 0. The van der Waals surface area contributed by atoms with E-state index in [9.17, 15) is 13.5 Å². The summed E-state index contributed by atoms with van der Waals surface area (Å²) in [5, 5.41) is 36.3. The molecule has 7 nitrogen and oxygen atoms in total. The fourth-order valence-corrected chi connectivity index (χ4v) is 2.70. The highest BCUT2D eigenvalue weighted by molar-refractivity contribution is 7.86. The molecule has 0 spiro atoms. The molecule has 0 aliphatic rings. The molecule has 3 aromatic carbocycles. The monoisotopic (exact) mass is 350 g/mol. The van der Waals surface area contributed by atoms with Gasteiger partial charge in [-0.15, -0.1) is 0 Å². The lowest BCUT2D eigenvalue weighted by Crippen LogP contribution is -1.98. The first-order valence-corrected chi connectivity index (χ1v) is 8.04. The Balaban J connectivity index is 0.000000198. The maximum Gasteiger partial charge on any atom is 0.295 e. The van der Waals surface area contributed by atoms with Crippen molar-refractivity contribution in [3.05, 3.63) is 54.6 Å². The molecule has 0 amide bonds. The molecule has 5 N–H and O–H groups in total. The fraction of sp³-hybridized carbons (Fsp3) is 0. The standard InChI is InChI=1S/C10H8O4S.C6H6O3/c11-9-5-6-10(15(12,13)14)8-4-2-1-3-7(8)9;7-4-2-1-3-5(8)6(4)9/h1-6,11H,(H,12,13,14);1-3,7-9H. The van der Waals surface area contributed by atoms with Gasteiger partial charge < -0.3 is 20.4 Å². The molecule has 0 atom stereocenters. The lowest BCUT2D eigenvalue weighted by atomic mass is 10.1. The number of fused-ring (bicyclic) bond motifs is 1. The van der Waals surface area contributed by atoms with Crippen LogP contribution in [0.3, 0.4) is 0 Å². The molecule has 0 fully saturated rings. The Labute approximate surface area is 137 Å². The molecule has 0 bridgehead atoms. The first kappa shape index (κ1) is 17.4. The maximum absolute atomic E-state index is 11.0. The molecular formula is C16H14O7S. The number of benzene rings is 3. The summed E-state index contributed by atoms with van der Waals surface area (Å²) in [6.45, 7) is 0. The summed E-state index contributed by atoms with van der Waals surface area (Å²) < 4.78 is 31.0. The van der Waals surface area contributed by atoms with Gasteiger partial charge in [0, 0.05) is 10.8 Å². The lowest BCUT2D eigenvalue weighted by molar-refractivity contribution is 0.368. The summed E-state index contributed by atoms with van der Waals surface area (Å²) in [4.78, 5) is -0.198. The quantitative estimate of drug-likeness (QED) is 0.336. The minimum Gasteiger partial charge on any atom is -0.507 e. The minimum atomic E-state index is -4.26. The van der Waals surface area contributed by atoms with Gasteiger partial charge in [-0.3, -0.25) is 4.55 Å². The molecule has 0 unspecified atom stereocenters. The number of rotatable bonds is 1. The van der Waals surface area contributed by atoms with Crippen LogP contribution in [0, 0.1) is 0 Å². The predicted molar refractivity (Wildman–Crippen MR) is 86.9 cm³/mol. The van der Waals surface area contributed by atoms with Gasteiger partial charge in [-0.05, 0) is 24.3 Å². The Hall–Kier alpha value is -2.97. The topological polar surface area (TPSA) is 135 Å². The van der Waals surface area contributed by atoms with Crippen molar-refractivity contribution in [2.24, 2.45) is 0 Å². The van der Waals surface area contributed by atoms with Crippen LogP contribution < -0.4 is 0 Å². The summed E-state index contributed by atoms with van der Waals surface area (Å²) >= 11 is 0. The molecule has 0 aliphatic heterocycles. The van der Waals surface area contributed by atoms with Crippen LogP contribution in [0.4, 0.5) is 0 Å². The second kappa shape index (κ2) is 6.65. The van der Waals surface area contributed by atoms with E-state index in [0.717, 1.165) is 0 Å². The largest absolute Gasteiger partial charge is 0.507 e. The lowest BCUT2D eigenvalue weighted by Gasteiger charge is -2.04. The van der Waals surface area contributed by atoms with Gasteiger partial charge in [0.2, 0.25) is 0 Å². The molecule has 0 aromatic heterocycles. The van der Waals surface area contributed by atoms with Gasteiger partial charge in [-0.2, -0.15) is 8.42 Å². The van der Waals surface area contributed by atoms with E-state index >= 15 is 0 Å². The van der Waals surface area contributed by atoms with Crippen molar-refractivity contribution >= 4 is 20.9 Å². The third-order valence-corrected chi connectivity index (χ3v) is 4.04. The van der Waals surface area contributed by atoms with E-state index in [0.29, 0.717) is 10.8 Å². The normalized spacial score (nSPS) is 10.9.